The average Bonchev–Trinajstić information content (AvgIpc) is 1.68. The Bertz CT molecular complexity index is 4130. The molecule has 5 heterocycles. The molecule has 0 aromatic rings. The minimum Gasteiger partial charge on any atom is -0.444 e. The van der Waals surface area contributed by atoms with Crippen LogP contribution < -0.4 is 54.8 Å². The number of carbonyl (C=O) groups is 20. The molecule has 856 valence electrons. The van der Waals surface area contributed by atoms with E-state index in [0.29, 0.717) is 133 Å². The maximum Gasteiger partial charge on any atom is 0.407 e. The number of amides is 16. The van der Waals surface area contributed by atoms with Crippen molar-refractivity contribution in [1.29, 1.82) is 0 Å². The molecule has 5 rings (SSSR count). The molecule has 5 fully saturated rings. The van der Waals surface area contributed by atoms with E-state index < -0.39 is 82.2 Å². The molecule has 16 amide bonds. The highest BCUT2D eigenvalue weighted by Gasteiger charge is 2.37. The van der Waals surface area contributed by atoms with Gasteiger partial charge in [-0.25, -0.2) is 28.8 Å². The van der Waals surface area contributed by atoms with Gasteiger partial charge in [0.05, 0.1) is 38.0 Å². The molecule has 5 saturated heterocycles. The van der Waals surface area contributed by atoms with Gasteiger partial charge in [-0.3, -0.25) is 67.1 Å². The van der Waals surface area contributed by atoms with Crippen molar-refractivity contribution in [2.45, 2.75) is 401 Å². The molecule has 5 aliphatic rings. The number of hydrogen-bond acceptors (Lipinski definition) is 34. The second-order valence-corrected chi connectivity index (χ2v) is 54.7. The summed E-state index contributed by atoms with van der Waals surface area (Å²) in [6.07, 6.45) is 17.4. The molecule has 150 heavy (non-hydrogen) atoms. The smallest absolute Gasteiger partial charge is 0.407 e. The number of ketones is 3. The highest BCUT2D eigenvalue weighted by atomic mass is 33.2. The molecule has 41 nitrogen and oxygen atoms in total. The number of nitrogens with two attached hydrogens (primary N) is 4. The summed E-state index contributed by atoms with van der Waals surface area (Å²) in [5, 5.41) is 16.5. The minimum absolute atomic E-state index is 0.00509. The summed E-state index contributed by atoms with van der Waals surface area (Å²) >= 11 is 0. The first kappa shape index (κ1) is 136. The number of primary amides is 4. The highest BCUT2D eigenvalue weighted by Crippen LogP contribution is 2.58. The second kappa shape index (κ2) is 73.4. The summed E-state index contributed by atoms with van der Waals surface area (Å²) < 4.78 is 28.0. The van der Waals surface area contributed by atoms with Crippen LogP contribution in [-0.4, -0.2) is 281 Å². The fraction of sp³-hybridized carbons (Fsp3) is 0.802. The van der Waals surface area contributed by atoms with E-state index >= 15 is 0 Å². The number of hydroxylamine groups is 2. The normalized spacial score (nSPS) is 14.8. The van der Waals surface area contributed by atoms with Crippen LogP contribution in [0.1, 0.15) is 354 Å². The zero-order valence-electron chi connectivity index (χ0n) is 91.0. The van der Waals surface area contributed by atoms with Gasteiger partial charge in [-0.1, -0.05) is 151 Å². The van der Waals surface area contributed by atoms with Crippen molar-refractivity contribution in [3.05, 3.63) is 0 Å². The lowest BCUT2D eigenvalue weighted by Gasteiger charge is -2.24. The third-order valence-corrected chi connectivity index (χ3v) is 32.0. The Morgan fingerprint density at radius 3 is 0.827 bits per heavy atom. The zero-order chi connectivity index (χ0) is 112. The van der Waals surface area contributed by atoms with Crippen LogP contribution >= 0.6 is 86.4 Å². The number of ether oxygens (including phenoxy) is 5. The number of hydrogen-bond donors (Lipinski definition) is 10. The standard InChI is InChI=1S/C46H79N7O11S4.C30H52N4O6S4.C25H42N4O9/c1-45(2,3)63-43(61)50-23-14-26-52(27-15-24-51-44(62)64-46(4,5)6)37(57)21-13-20-36(56)49-25-22-38(58)53(30-34(54)18-11-7-9-16-32(41(47)59)28-39-65-66-39)31-35(55)19-12-8-10-17-33(42(48)60)29-40-67-68-40;1-30(2,3)40-29(39)33-16-15-24(36)34(17-11-6-4-5-8-12-21(27(31)37)18-25-41-42-25)20-23(35)14-10-7-9-13-22(28(32)38)19-26-43-44-26;1-24(2,3)36-22(34)26-14-8-16-28(17-9-15-27-23(35)37-25(4,5)6)18(30)10-7-11-21(33)38-29-19(31)12-13-20(29)32/h32-33,39-40H,7-31H2,1-6H3,(H2,47,59)(H2,48,60)(H,49,56)(H,50,61)(H,51,62);21-22,25-26H,4-20H2,1-3H3,(H2,31,37)(H2,32,38)(H,33,39);7-17H2,1-6H3,(H,26,34)(H,27,35)/t32-,33-;21-,22-;/m11./s1. The Balaban J connectivity index is 0.000000610. The summed E-state index contributed by atoms with van der Waals surface area (Å²) in [5.41, 5.74) is 19.1. The van der Waals surface area contributed by atoms with Gasteiger partial charge in [0.2, 0.25) is 53.2 Å². The van der Waals surface area contributed by atoms with E-state index in [0.717, 1.165) is 109 Å². The van der Waals surface area contributed by atoms with Crippen LogP contribution in [0.4, 0.5) is 24.0 Å². The van der Waals surface area contributed by atoms with Crippen LogP contribution in [0.3, 0.4) is 0 Å². The molecular formula is C101H173N15O26S8. The maximum atomic E-state index is 13.5. The number of alkyl carbamates (subject to hydrolysis) is 5. The average molecular weight is 2270 g/mol. The quantitative estimate of drug-likeness (QED) is 0.00889. The zero-order valence-corrected chi connectivity index (χ0v) is 97.6. The third kappa shape index (κ3) is 73.4. The molecule has 5 aliphatic heterocycles. The lowest BCUT2D eigenvalue weighted by molar-refractivity contribution is -0.197. The monoisotopic (exact) mass is 2270 g/mol. The van der Waals surface area contributed by atoms with Gasteiger partial charge < -0.3 is 103 Å². The Morgan fingerprint density at radius 1 is 0.287 bits per heavy atom. The number of nitrogens with one attached hydrogen (secondary N) is 6. The van der Waals surface area contributed by atoms with Crippen LogP contribution in [0.15, 0.2) is 0 Å². The Kier molecular flexibility index (Phi) is 66.6. The number of Topliss-reactive ketones (excluding diaryl/α,β-unsaturated/α-hetero) is 3. The van der Waals surface area contributed by atoms with Crippen molar-refractivity contribution in [2.75, 3.05) is 91.6 Å². The highest BCUT2D eigenvalue weighted by molar-refractivity contribution is 8.93. The molecule has 4 atom stereocenters. The van der Waals surface area contributed by atoms with Gasteiger partial charge in [0.1, 0.15) is 28.0 Å². The van der Waals surface area contributed by atoms with E-state index in [-0.39, 0.29) is 211 Å². The van der Waals surface area contributed by atoms with Crippen LogP contribution in [-0.2, 0) is 100 Å². The van der Waals surface area contributed by atoms with Gasteiger partial charge in [-0.2, -0.15) is 0 Å². The molecule has 0 saturated carbocycles. The summed E-state index contributed by atoms with van der Waals surface area (Å²) in [5.74, 6) is -5.25. The molecule has 14 N–H and O–H groups in total. The Hall–Kier alpha value is -8.00. The van der Waals surface area contributed by atoms with Crippen molar-refractivity contribution in [3.63, 3.8) is 0 Å². The van der Waals surface area contributed by atoms with Gasteiger partial charge in [-0.05, 0) is 219 Å². The summed E-state index contributed by atoms with van der Waals surface area (Å²) in [7, 11) is 14.1. The molecule has 0 aromatic heterocycles. The first-order valence-corrected chi connectivity index (χ1v) is 61.8. The third-order valence-electron chi connectivity index (χ3n) is 23.0. The number of unbranched alkanes of at least 4 members (excludes halogenated alkanes) is 10. The van der Waals surface area contributed by atoms with Crippen LogP contribution in [0.25, 0.3) is 0 Å². The fourth-order valence-electron chi connectivity index (χ4n) is 15.2. The van der Waals surface area contributed by atoms with Crippen molar-refractivity contribution in [3.8, 4) is 0 Å². The number of nitrogens with zero attached hydrogens (tertiary/aromatic N) is 5. The maximum absolute atomic E-state index is 13.5. The Labute approximate surface area is 918 Å². The van der Waals surface area contributed by atoms with Crippen LogP contribution in [0, 0.1) is 23.7 Å². The van der Waals surface area contributed by atoms with E-state index in [9.17, 15) is 95.9 Å². The van der Waals surface area contributed by atoms with Crippen molar-refractivity contribution in [2.24, 2.45) is 46.6 Å². The lowest BCUT2D eigenvalue weighted by Crippen LogP contribution is -2.41. The SMILES string of the molecule is CC(C)(C)OC(=O)NCCC(=O)N(CCCCCCC[C@H](CC1SS1)C(N)=O)CC(=O)CCCCC[C@H](CC1SS1)C(N)=O.CC(C)(C)OC(=O)NCCCN(CCCNC(=O)OC(C)(C)C)C(=O)CCCC(=O)NCCC(=O)N(CC(=O)CCCCC[C@H](CC1SS1)C(N)=O)CC(=O)CCCCC[C@H](CC1SS1)C(N)=O.CC(C)(C)OC(=O)NCCCN(CCCNC(=O)OC(C)(C)C)C(=O)CCCC(=O)ON1C(=O)CCC1=O. The van der Waals surface area contributed by atoms with Crippen molar-refractivity contribution >= 4 is 205 Å². The molecule has 0 radical (unpaired) electrons. The van der Waals surface area contributed by atoms with E-state index in [2.05, 4.69) is 31.9 Å². The molecular weight excluding hydrogens is 2100 g/mol. The summed E-state index contributed by atoms with van der Waals surface area (Å²) in [6, 6.07) is 0. The second-order valence-electron chi connectivity index (χ2n) is 42.8. The van der Waals surface area contributed by atoms with Crippen LogP contribution in [0.2, 0.25) is 0 Å². The lowest BCUT2D eigenvalue weighted by atomic mass is 9.97. The van der Waals surface area contributed by atoms with E-state index in [1.807, 2.05) is 0 Å². The van der Waals surface area contributed by atoms with E-state index in [1.54, 1.807) is 205 Å². The molecule has 0 bridgehead atoms. The van der Waals surface area contributed by atoms with Gasteiger partial charge in [0.25, 0.3) is 11.8 Å². The predicted octanol–water partition coefficient (Wildman–Crippen LogP) is 15.1. The Morgan fingerprint density at radius 2 is 0.533 bits per heavy atom. The summed E-state index contributed by atoms with van der Waals surface area (Å²) in [6.45, 7) is 29.1. The van der Waals surface area contributed by atoms with Crippen molar-refractivity contribution < 1.29 is 124 Å². The number of imide groups is 1. The molecule has 0 aliphatic carbocycles. The number of carbonyl (C=O) groups excluding carboxylic acids is 20. The minimum atomic E-state index is -0.768. The van der Waals surface area contributed by atoms with Crippen molar-refractivity contribution in [1.82, 2.24) is 56.6 Å². The first-order valence-electron chi connectivity index (χ1n) is 52.7. The first-order chi connectivity index (χ1) is 70.4. The van der Waals surface area contributed by atoms with Gasteiger partial charge >= 0.3 is 36.4 Å². The molecule has 0 spiro atoms. The topological polar surface area (TPSA) is 589 Å². The van der Waals surface area contributed by atoms with Crippen LogP contribution in [0.5, 0.6) is 0 Å². The fourth-order valence-corrected chi connectivity index (χ4v) is 20.9. The molecule has 0 unspecified atom stereocenters. The van der Waals surface area contributed by atoms with Gasteiger partial charge in [-0.15, -0.1) is 5.06 Å². The summed E-state index contributed by atoms with van der Waals surface area (Å²) in [4.78, 5) is 257. The largest absolute Gasteiger partial charge is 0.444 e. The molecule has 49 heteroatoms. The van der Waals surface area contributed by atoms with E-state index in [1.165, 1.54) is 4.90 Å². The molecule has 0 aromatic carbocycles. The van der Waals surface area contributed by atoms with E-state index in [4.69, 9.17) is 51.5 Å². The van der Waals surface area contributed by atoms with Gasteiger partial charge in [0, 0.05) is 166 Å². The predicted molar refractivity (Wildman–Crippen MR) is 590 cm³/mol. The number of rotatable bonds is 75. The van der Waals surface area contributed by atoms with Gasteiger partial charge in [0.15, 0.2) is 17.3 Å².